The zero-order valence-electron chi connectivity index (χ0n) is 12.8. The van der Waals surface area contributed by atoms with E-state index < -0.39 is 10.0 Å². The first-order valence-corrected chi connectivity index (χ1v) is 9.05. The Hall–Kier alpha value is -1.11. The van der Waals surface area contributed by atoms with Crippen molar-refractivity contribution in [3.05, 3.63) is 24.3 Å². The smallest absolute Gasteiger partial charge is 0.242 e. The van der Waals surface area contributed by atoms with E-state index in [4.69, 9.17) is 0 Å². The number of hydrogen-bond acceptors (Lipinski definition) is 4. The van der Waals surface area contributed by atoms with Crippen LogP contribution in [-0.4, -0.2) is 41.6 Å². The van der Waals surface area contributed by atoms with Gasteiger partial charge in [-0.3, -0.25) is 0 Å². The summed E-state index contributed by atoms with van der Waals surface area (Å²) in [6, 6.07) is 7.22. The van der Waals surface area contributed by atoms with Crippen LogP contribution in [0.4, 0.5) is 5.69 Å². The molecule has 0 aromatic heterocycles. The third-order valence-corrected chi connectivity index (χ3v) is 5.49. The van der Waals surface area contributed by atoms with Crippen LogP contribution in [0.2, 0.25) is 0 Å². The molecule has 0 aliphatic carbocycles. The van der Waals surface area contributed by atoms with Crippen molar-refractivity contribution in [3.63, 3.8) is 0 Å². The van der Waals surface area contributed by atoms with E-state index >= 15 is 0 Å². The fourth-order valence-electron chi connectivity index (χ4n) is 2.84. The molecule has 0 spiro atoms. The molecule has 0 amide bonds. The molecule has 2 rings (SSSR count). The number of hydrogen-bond donors (Lipinski definition) is 2. The van der Waals surface area contributed by atoms with Crippen molar-refractivity contribution in [2.75, 3.05) is 38.1 Å². The van der Waals surface area contributed by atoms with Gasteiger partial charge in [0.15, 0.2) is 0 Å². The Bertz CT molecular complexity index is 554. The number of sulfonamides is 1. The Morgan fingerprint density at radius 2 is 2.14 bits per heavy atom. The highest BCUT2D eigenvalue weighted by atomic mass is 32.2. The lowest BCUT2D eigenvalue weighted by Gasteiger charge is -2.32. The topological polar surface area (TPSA) is 61.4 Å². The van der Waals surface area contributed by atoms with Gasteiger partial charge in [0.1, 0.15) is 4.90 Å². The van der Waals surface area contributed by atoms with E-state index in [2.05, 4.69) is 21.9 Å². The van der Waals surface area contributed by atoms with Crippen molar-refractivity contribution in [2.45, 2.75) is 24.7 Å². The Labute approximate surface area is 127 Å². The van der Waals surface area contributed by atoms with Crippen LogP contribution in [0.15, 0.2) is 29.2 Å². The van der Waals surface area contributed by atoms with Crippen LogP contribution in [0.25, 0.3) is 0 Å². The van der Waals surface area contributed by atoms with Crippen LogP contribution in [0.1, 0.15) is 19.8 Å². The molecule has 0 radical (unpaired) electrons. The fraction of sp³-hybridized carbons (Fsp3) is 0.600. The number of benzene rings is 1. The molecule has 1 aliphatic heterocycles. The van der Waals surface area contributed by atoms with Gasteiger partial charge in [-0.1, -0.05) is 12.1 Å². The van der Waals surface area contributed by atoms with Crippen molar-refractivity contribution >= 4 is 15.7 Å². The fourth-order valence-corrected chi connectivity index (χ4v) is 3.80. The highest BCUT2D eigenvalue weighted by Gasteiger charge is 2.22. The van der Waals surface area contributed by atoms with Gasteiger partial charge >= 0.3 is 0 Å². The first-order chi connectivity index (χ1) is 10.1. The van der Waals surface area contributed by atoms with Gasteiger partial charge in [0.2, 0.25) is 10.0 Å². The molecular formula is C15H25N3O2S. The van der Waals surface area contributed by atoms with E-state index in [-0.39, 0.29) is 0 Å². The van der Waals surface area contributed by atoms with Gasteiger partial charge in [-0.15, -0.1) is 0 Å². The van der Waals surface area contributed by atoms with E-state index in [1.165, 1.54) is 19.9 Å². The minimum atomic E-state index is -3.43. The van der Waals surface area contributed by atoms with Crippen LogP contribution < -0.4 is 14.9 Å². The van der Waals surface area contributed by atoms with Crippen molar-refractivity contribution < 1.29 is 8.42 Å². The Morgan fingerprint density at radius 3 is 2.76 bits per heavy atom. The van der Waals surface area contributed by atoms with E-state index in [0.29, 0.717) is 10.8 Å². The van der Waals surface area contributed by atoms with Gasteiger partial charge in [-0.05, 0) is 58.0 Å². The minimum absolute atomic E-state index is 0.359. The molecule has 5 nitrogen and oxygen atoms in total. The van der Waals surface area contributed by atoms with Crippen LogP contribution in [0.3, 0.4) is 0 Å². The molecule has 1 aliphatic rings. The maximum atomic E-state index is 12.2. The Kier molecular flexibility index (Phi) is 5.61. The van der Waals surface area contributed by atoms with Crippen molar-refractivity contribution in [3.8, 4) is 0 Å². The summed E-state index contributed by atoms with van der Waals surface area (Å²) in [7, 11) is -1.98. The lowest BCUT2D eigenvalue weighted by atomic mass is 9.99. The first-order valence-electron chi connectivity index (χ1n) is 7.56. The summed E-state index contributed by atoms with van der Waals surface area (Å²) >= 11 is 0. The number of nitrogens with one attached hydrogen (secondary N) is 2. The first kappa shape index (κ1) is 16.3. The number of piperidine rings is 1. The summed E-state index contributed by atoms with van der Waals surface area (Å²) in [5.41, 5.74) is 0.792. The molecule has 1 unspecified atom stereocenters. The second-order valence-corrected chi connectivity index (χ2v) is 7.28. The summed E-state index contributed by atoms with van der Waals surface area (Å²) in [6.45, 7) is 5.86. The molecule has 1 saturated heterocycles. The van der Waals surface area contributed by atoms with E-state index in [0.717, 1.165) is 31.9 Å². The quantitative estimate of drug-likeness (QED) is 0.834. The van der Waals surface area contributed by atoms with Gasteiger partial charge in [-0.25, -0.2) is 13.1 Å². The summed E-state index contributed by atoms with van der Waals surface area (Å²) < 4.78 is 26.8. The van der Waals surface area contributed by atoms with Crippen LogP contribution in [0.5, 0.6) is 0 Å². The average Bonchev–Trinajstić information content (AvgIpc) is 2.53. The summed E-state index contributed by atoms with van der Waals surface area (Å²) in [5.74, 6) is 0.573. The van der Waals surface area contributed by atoms with Gasteiger partial charge in [0, 0.05) is 13.1 Å². The third kappa shape index (κ3) is 3.96. The molecular weight excluding hydrogens is 286 g/mol. The van der Waals surface area contributed by atoms with Crippen LogP contribution >= 0.6 is 0 Å². The highest BCUT2D eigenvalue weighted by Crippen LogP contribution is 2.26. The minimum Gasteiger partial charge on any atom is -0.370 e. The molecule has 21 heavy (non-hydrogen) atoms. The SMILES string of the molecule is CCN(CC1CCCNC1)c1ccccc1S(=O)(=O)NC. The van der Waals surface area contributed by atoms with Crippen molar-refractivity contribution in [1.29, 1.82) is 0 Å². The van der Waals surface area contributed by atoms with Crippen molar-refractivity contribution in [2.24, 2.45) is 5.92 Å². The number of para-hydroxylation sites is 1. The van der Waals surface area contributed by atoms with E-state index in [1.54, 1.807) is 12.1 Å². The largest absolute Gasteiger partial charge is 0.370 e. The summed E-state index contributed by atoms with van der Waals surface area (Å²) in [5, 5.41) is 3.41. The number of nitrogens with zero attached hydrogens (tertiary/aromatic N) is 1. The number of rotatable bonds is 6. The summed E-state index contributed by atoms with van der Waals surface area (Å²) in [6.07, 6.45) is 2.39. The van der Waals surface area contributed by atoms with Gasteiger partial charge in [0.25, 0.3) is 0 Å². The summed E-state index contributed by atoms with van der Waals surface area (Å²) in [4.78, 5) is 2.53. The lowest BCUT2D eigenvalue weighted by molar-refractivity contribution is 0.377. The van der Waals surface area contributed by atoms with Gasteiger partial charge in [0.05, 0.1) is 5.69 Å². The molecule has 0 saturated carbocycles. The van der Waals surface area contributed by atoms with Gasteiger partial charge in [-0.2, -0.15) is 0 Å². The molecule has 1 heterocycles. The average molecular weight is 311 g/mol. The maximum absolute atomic E-state index is 12.2. The normalized spacial score (nSPS) is 19.4. The maximum Gasteiger partial charge on any atom is 0.242 e. The van der Waals surface area contributed by atoms with Crippen LogP contribution in [-0.2, 0) is 10.0 Å². The van der Waals surface area contributed by atoms with Crippen molar-refractivity contribution in [1.82, 2.24) is 10.0 Å². The van der Waals surface area contributed by atoms with E-state index in [1.807, 2.05) is 12.1 Å². The number of anilines is 1. The molecule has 1 fully saturated rings. The zero-order valence-corrected chi connectivity index (χ0v) is 13.6. The molecule has 118 valence electrons. The lowest BCUT2D eigenvalue weighted by Crippen LogP contribution is -2.39. The molecule has 0 bridgehead atoms. The monoisotopic (exact) mass is 311 g/mol. The second kappa shape index (κ2) is 7.24. The zero-order chi connectivity index (χ0) is 15.3. The predicted molar refractivity (Wildman–Crippen MR) is 86.2 cm³/mol. The Morgan fingerprint density at radius 1 is 1.38 bits per heavy atom. The van der Waals surface area contributed by atoms with Gasteiger partial charge < -0.3 is 10.2 Å². The van der Waals surface area contributed by atoms with E-state index in [9.17, 15) is 8.42 Å². The Balaban J connectivity index is 2.25. The molecule has 1 aromatic rings. The van der Waals surface area contributed by atoms with Crippen LogP contribution in [0, 0.1) is 5.92 Å². The molecule has 1 aromatic carbocycles. The predicted octanol–water partition coefficient (Wildman–Crippen LogP) is 1.42. The standard InChI is InChI=1S/C15H25N3O2S/c1-3-18(12-13-7-6-10-17-11-13)14-8-4-5-9-15(14)21(19,20)16-2/h4-5,8-9,13,16-17H,3,6-7,10-12H2,1-2H3. The molecule has 2 N–H and O–H groups in total. The second-order valence-electron chi connectivity index (χ2n) is 5.43. The third-order valence-electron chi connectivity index (χ3n) is 4.02. The molecule has 6 heteroatoms. The molecule has 1 atom stereocenters. The highest BCUT2D eigenvalue weighted by molar-refractivity contribution is 7.89.